The summed E-state index contributed by atoms with van der Waals surface area (Å²) in [4.78, 5) is 35.8. The number of benzene rings is 2. The van der Waals surface area contributed by atoms with Gasteiger partial charge in [0.1, 0.15) is 5.82 Å². The number of rotatable bonds is 4. The first-order valence-electron chi connectivity index (χ1n) is 9.49. The molecule has 30 heavy (non-hydrogen) atoms. The second-order valence-corrected chi connectivity index (χ2v) is 7.11. The Bertz CT molecular complexity index is 1300. The molecular weight excluding hydrogens is 378 g/mol. The number of aromatic nitrogens is 3. The Morgan fingerprint density at radius 1 is 1.10 bits per heavy atom. The smallest absolute Gasteiger partial charge is 0.294 e. The van der Waals surface area contributed by atoms with Gasteiger partial charge in [0, 0.05) is 30.4 Å². The Hall–Kier alpha value is -4.00. The predicted octanol–water partition coefficient (Wildman–Crippen LogP) is 3.01. The van der Waals surface area contributed by atoms with Crippen molar-refractivity contribution in [1.29, 1.82) is 0 Å². The van der Waals surface area contributed by atoms with E-state index in [1.807, 2.05) is 61.5 Å². The monoisotopic (exact) mass is 399 g/mol. The quantitative estimate of drug-likeness (QED) is 0.569. The van der Waals surface area contributed by atoms with Crippen LogP contribution in [0.5, 0.6) is 0 Å². The number of hydrogen-bond acceptors (Lipinski definition) is 5. The molecule has 2 aromatic heterocycles. The van der Waals surface area contributed by atoms with Gasteiger partial charge >= 0.3 is 0 Å². The summed E-state index contributed by atoms with van der Waals surface area (Å²) in [6, 6.07) is 18.3. The van der Waals surface area contributed by atoms with Crippen LogP contribution in [0.3, 0.4) is 0 Å². The lowest BCUT2D eigenvalue weighted by Crippen LogP contribution is -2.34. The zero-order chi connectivity index (χ0) is 21.3. The van der Waals surface area contributed by atoms with E-state index in [1.165, 1.54) is 21.7 Å². The van der Waals surface area contributed by atoms with Crippen molar-refractivity contribution in [3.63, 3.8) is 0 Å². The van der Waals surface area contributed by atoms with Crippen LogP contribution >= 0.6 is 0 Å². The number of carbonyl (C=O) groups excluding carboxylic acids is 1. The Morgan fingerprint density at radius 3 is 2.63 bits per heavy atom. The highest BCUT2D eigenvalue weighted by atomic mass is 16.2. The molecule has 4 rings (SSSR count). The van der Waals surface area contributed by atoms with Crippen molar-refractivity contribution in [2.75, 3.05) is 17.7 Å². The SMILES string of the molecule is Cc1cc2ccc(Cn3c(C(=O)N(C)c4ccccc4)nccc3=O)cc2nc1N. The van der Waals surface area contributed by atoms with Crippen molar-refractivity contribution in [1.82, 2.24) is 14.5 Å². The van der Waals surface area contributed by atoms with Gasteiger partial charge in [0.05, 0.1) is 12.1 Å². The molecule has 0 atom stereocenters. The van der Waals surface area contributed by atoms with Crippen LogP contribution in [-0.2, 0) is 6.54 Å². The molecule has 0 bridgehead atoms. The van der Waals surface area contributed by atoms with E-state index >= 15 is 0 Å². The molecule has 0 aliphatic heterocycles. The fraction of sp³-hybridized carbons (Fsp3) is 0.130. The standard InChI is InChI=1S/C23H21N5O2/c1-15-12-17-9-8-16(13-19(17)26-21(15)24)14-28-20(29)10-11-25-22(28)23(30)27(2)18-6-4-3-5-7-18/h3-13H,14H2,1-2H3,(H2,24,26). The van der Waals surface area contributed by atoms with E-state index in [9.17, 15) is 9.59 Å². The minimum Gasteiger partial charge on any atom is -0.383 e. The van der Waals surface area contributed by atoms with Gasteiger partial charge < -0.3 is 10.6 Å². The van der Waals surface area contributed by atoms with Crippen molar-refractivity contribution >= 4 is 28.3 Å². The van der Waals surface area contributed by atoms with Gasteiger partial charge in [-0.15, -0.1) is 0 Å². The molecule has 0 unspecified atom stereocenters. The fourth-order valence-electron chi connectivity index (χ4n) is 3.29. The first-order valence-corrected chi connectivity index (χ1v) is 9.49. The predicted molar refractivity (Wildman–Crippen MR) is 118 cm³/mol. The van der Waals surface area contributed by atoms with Crippen molar-refractivity contribution in [2.45, 2.75) is 13.5 Å². The van der Waals surface area contributed by atoms with Gasteiger partial charge in [-0.05, 0) is 42.3 Å². The normalized spacial score (nSPS) is 10.9. The van der Waals surface area contributed by atoms with Crippen molar-refractivity contribution in [2.24, 2.45) is 0 Å². The van der Waals surface area contributed by atoms with Gasteiger partial charge in [-0.3, -0.25) is 14.2 Å². The number of pyridine rings is 1. The Morgan fingerprint density at radius 2 is 1.87 bits per heavy atom. The summed E-state index contributed by atoms with van der Waals surface area (Å²) in [5.41, 5.74) is 8.83. The minimum absolute atomic E-state index is 0.0744. The number of nitrogens with two attached hydrogens (primary N) is 1. The van der Waals surface area contributed by atoms with Crippen LogP contribution in [0.15, 0.2) is 71.7 Å². The molecule has 0 fully saturated rings. The fourth-order valence-corrected chi connectivity index (χ4v) is 3.29. The third-order valence-electron chi connectivity index (χ3n) is 5.03. The van der Waals surface area contributed by atoms with Crippen LogP contribution in [0.4, 0.5) is 11.5 Å². The first kappa shape index (κ1) is 19.3. The van der Waals surface area contributed by atoms with E-state index in [0.717, 1.165) is 22.0 Å². The molecular formula is C23H21N5O2. The van der Waals surface area contributed by atoms with E-state index in [-0.39, 0.29) is 23.8 Å². The minimum atomic E-state index is -0.363. The lowest BCUT2D eigenvalue weighted by molar-refractivity contribution is 0.0977. The molecule has 0 aliphatic carbocycles. The molecule has 0 spiro atoms. The van der Waals surface area contributed by atoms with E-state index in [1.54, 1.807) is 7.05 Å². The highest BCUT2D eigenvalue weighted by molar-refractivity contribution is 6.03. The van der Waals surface area contributed by atoms with E-state index in [4.69, 9.17) is 5.73 Å². The van der Waals surface area contributed by atoms with E-state index < -0.39 is 0 Å². The Balaban J connectivity index is 1.72. The van der Waals surface area contributed by atoms with Crippen LogP contribution in [0, 0.1) is 6.92 Å². The van der Waals surface area contributed by atoms with Gasteiger partial charge in [-0.25, -0.2) is 9.97 Å². The number of carbonyl (C=O) groups is 1. The van der Waals surface area contributed by atoms with Gasteiger partial charge in [-0.1, -0.05) is 30.3 Å². The molecule has 0 saturated heterocycles. The summed E-state index contributed by atoms with van der Waals surface area (Å²) in [6.07, 6.45) is 1.36. The molecule has 1 amide bonds. The second-order valence-electron chi connectivity index (χ2n) is 7.11. The molecule has 2 N–H and O–H groups in total. The summed E-state index contributed by atoms with van der Waals surface area (Å²) >= 11 is 0. The van der Waals surface area contributed by atoms with Gasteiger partial charge in [0.25, 0.3) is 11.5 Å². The zero-order valence-electron chi connectivity index (χ0n) is 16.7. The molecule has 4 aromatic rings. The number of para-hydroxylation sites is 1. The van der Waals surface area contributed by atoms with Crippen molar-refractivity contribution in [3.05, 3.63) is 94.2 Å². The molecule has 2 aromatic carbocycles. The highest BCUT2D eigenvalue weighted by Crippen LogP contribution is 2.20. The van der Waals surface area contributed by atoms with Gasteiger partial charge in [0.2, 0.25) is 5.82 Å². The summed E-state index contributed by atoms with van der Waals surface area (Å²) in [5, 5.41) is 0.962. The topological polar surface area (TPSA) is 94.1 Å². The van der Waals surface area contributed by atoms with Crippen molar-refractivity contribution in [3.8, 4) is 0 Å². The van der Waals surface area contributed by atoms with E-state index in [0.29, 0.717) is 11.5 Å². The molecule has 7 nitrogen and oxygen atoms in total. The molecule has 2 heterocycles. The number of hydrogen-bond donors (Lipinski definition) is 1. The average Bonchev–Trinajstić information content (AvgIpc) is 2.75. The van der Waals surface area contributed by atoms with Gasteiger partial charge in [0.15, 0.2) is 0 Å². The number of fused-ring (bicyclic) bond motifs is 1. The molecule has 0 aliphatic rings. The molecule has 0 radical (unpaired) electrons. The number of aryl methyl sites for hydroxylation is 1. The van der Waals surface area contributed by atoms with Crippen LogP contribution in [0.25, 0.3) is 10.9 Å². The summed E-state index contributed by atoms with van der Waals surface area (Å²) in [7, 11) is 1.66. The number of amides is 1. The van der Waals surface area contributed by atoms with Gasteiger partial charge in [-0.2, -0.15) is 0 Å². The lowest BCUT2D eigenvalue weighted by atomic mass is 10.1. The maximum Gasteiger partial charge on any atom is 0.294 e. The summed E-state index contributed by atoms with van der Waals surface area (Å²) < 4.78 is 1.38. The summed E-state index contributed by atoms with van der Waals surface area (Å²) in [5.74, 6) is 0.182. The Kier molecular flexibility index (Phi) is 5.02. The van der Waals surface area contributed by atoms with Crippen LogP contribution in [0.1, 0.15) is 21.7 Å². The maximum absolute atomic E-state index is 13.1. The van der Waals surface area contributed by atoms with Crippen LogP contribution < -0.4 is 16.2 Å². The second kappa shape index (κ2) is 7.79. The van der Waals surface area contributed by atoms with Crippen LogP contribution in [-0.4, -0.2) is 27.5 Å². The van der Waals surface area contributed by atoms with Crippen LogP contribution in [0.2, 0.25) is 0 Å². The largest absolute Gasteiger partial charge is 0.383 e. The summed E-state index contributed by atoms with van der Waals surface area (Å²) in [6.45, 7) is 2.10. The number of nitrogen functional groups attached to an aromatic ring is 1. The zero-order valence-corrected chi connectivity index (χ0v) is 16.7. The molecule has 150 valence electrons. The first-order chi connectivity index (χ1) is 14.4. The highest BCUT2D eigenvalue weighted by Gasteiger charge is 2.20. The lowest BCUT2D eigenvalue weighted by Gasteiger charge is -2.19. The average molecular weight is 399 g/mol. The third-order valence-corrected chi connectivity index (χ3v) is 5.03. The third kappa shape index (κ3) is 3.65. The molecule has 7 heteroatoms. The Labute approximate surface area is 173 Å². The molecule has 0 saturated carbocycles. The number of nitrogens with zero attached hydrogens (tertiary/aromatic N) is 4. The maximum atomic E-state index is 13.1. The van der Waals surface area contributed by atoms with E-state index in [2.05, 4.69) is 9.97 Å². The van der Waals surface area contributed by atoms with Crippen molar-refractivity contribution < 1.29 is 4.79 Å². The number of anilines is 2.